The Morgan fingerprint density at radius 1 is 1.43 bits per heavy atom. The molecule has 3 rings (SSSR count). The van der Waals surface area contributed by atoms with Crippen molar-refractivity contribution in [2.75, 3.05) is 6.54 Å². The van der Waals surface area contributed by atoms with Crippen molar-refractivity contribution in [1.29, 1.82) is 0 Å². The molecule has 0 aromatic rings. The molecule has 38 valence electrons. The lowest BCUT2D eigenvalue weighted by Crippen LogP contribution is -2.65. The maximum absolute atomic E-state index is 5.25. The standard InChI is InChI=1S/C5H7NO/c1-2-3(6-1)5-4(2)7-5/h2-6H,1H2. The Kier molecular flexibility index (Phi) is 0.280. The topological polar surface area (TPSA) is 24.6 Å². The highest BCUT2D eigenvalue weighted by Gasteiger charge is 2.67. The Morgan fingerprint density at radius 2 is 2.43 bits per heavy atom. The van der Waals surface area contributed by atoms with Crippen molar-refractivity contribution in [2.24, 2.45) is 5.92 Å². The first-order chi connectivity index (χ1) is 3.47. The molecule has 2 heterocycles. The Hall–Kier alpha value is -0.0800. The maximum Gasteiger partial charge on any atom is 0.100 e. The van der Waals surface area contributed by atoms with Crippen molar-refractivity contribution < 1.29 is 4.74 Å². The van der Waals surface area contributed by atoms with E-state index in [1.54, 1.807) is 0 Å². The molecule has 0 radical (unpaired) electrons. The predicted octanol–water partition coefficient (Wildman–Crippen LogP) is -0.645. The van der Waals surface area contributed by atoms with Crippen molar-refractivity contribution in [3.8, 4) is 0 Å². The monoisotopic (exact) mass is 97.1 g/mol. The smallest absolute Gasteiger partial charge is 0.100 e. The molecule has 4 unspecified atom stereocenters. The molecule has 4 atom stereocenters. The van der Waals surface area contributed by atoms with E-state index in [0.717, 1.165) is 12.0 Å². The third kappa shape index (κ3) is 0.173. The van der Waals surface area contributed by atoms with Gasteiger partial charge in [-0.05, 0) is 0 Å². The number of hydrogen-bond acceptors (Lipinski definition) is 2. The molecule has 2 nitrogen and oxygen atoms in total. The van der Waals surface area contributed by atoms with Crippen LogP contribution < -0.4 is 5.32 Å². The van der Waals surface area contributed by atoms with Crippen LogP contribution in [0.1, 0.15) is 0 Å². The minimum atomic E-state index is 0.652. The molecule has 0 aromatic carbocycles. The fraction of sp³-hybridized carbons (Fsp3) is 1.00. The molecule has 2 heteroatoms. The zero-order chi connectivity index (χ0) is 4.43. The van der Waals surface area contributed by atoms with E-state index in [2.05, 4.69) is 5.32 Å². The summed E-state index contributed by atoms with van der Waals surface area (Å²) < 4.78 is 5.25. The average Bonchev–Trinajstić information content (AvgIpc) is 2.14. The fourth-order valence-electron chi connectivity index (χ4n) is 1.69. The van der Waals surface area contributed by atoms with Crippen LogP contribution in [0.25, 0.3) is 0 Å². The lowest BCUT2D eigenvalue weighted by Gasteiger charge is -2.42. The average molecular weight is 97.1 g/mol. The van der Waals surface area contributed by atoms with Gasteiger partial charge in [0.25, 0.3) is 0 Å². The van der Waals surface area contributed by atoms with Gasteiger partial charge in [0.05, 0.1) is 6.10 Å². The van der Waals surface area contributed by atoms with Crippen molar-refractivity contribution in [3.63, 3.8) is 0 Å². The molecule has 1 aliphatic carbocycles. The minimum Gasteiger partial charge on any atom is -0.367 e. The van der Waals surface area contributed by atoms with Crippen molar-refractivity contribution in [1.82, 2.24) is 5.32 Å². The largest absolute Gasteiger partial charge is 0.367 e. The number of epoxide rings is 1. The quantitative estimate of drug-likeness (QED) is 0.406. The van der Waals surface area contributed by atoms with Gasteiger partial charge >= 0.3 is 0 Å². The van der Waals surface area contributed by atoms with E-state index in [9.17, 15) is 0 Å². The molecule has 0 amide bonds. The molecular weight excluding hydrogens is 90.1 g/mol. The molecule has 1 N–H and O–H groups in total. The van der Waals surface area contributed by atoms with E-state index in [1.807, 2.05) is 0 Å². The van der Waals surface area contributed by atoms with Crippen LogP contribution in [0.2, 0.25) is 0 Å². The normalized spacial score (nSPS) is 72.0. The molecular formula is C5H7NO. The number of nitrogens with one attached hydrogen (secondary N) is 1. The van der Waals surface area contributed by atoms with Crippen LogP contribution in [0.4, 0.5) is 0 Å². The molecule has 2 saturated heterocycles. The zero-order valence-electron chi connectivity index (χ0n) is 3.92. The molecule has 7 heavy (non-hydrogen) atoms. The van der Waals surface area contributed by atoms with Crippen LogP contribution in [0.5, 0.6) is 0 Å². The summed E-state index contributed by atoms with van der Waals surface area (Å²) in [7, 11) is 0. The summed E-state index contributed by atoms with van der Waals surface area (Å²) in [4.78, 5) is 0. The van der Waals surface area contributed by atoms with Crippen LogP contribution in [-0.2, 0) is 4.74 Å². The SMILES string of the molecule is C1NC2C1C1OC21. The predicted molar refractivity (Wildman–Crippen MR) is 23.9 cm³/mol. The van der Waals surface area contributed by atoms with E-state index >= 15 is 0 Å². The van der Waals surface area contributed by atoms with Crippen LogP contribution in [0.15, 0.2) is 0 Å². The first-order valence-electron chi connectivity index (χ1n) is 2.86. The van der Waals surface area contributed by atoms with Crippen LogP contribution in [0, 0.1) is 5.92 Å². The highest BCUT2D eigenvalue weighted by atomic mass is 16.6. The maximum atomic E-state index is 5.25. The van der Waals surface area contributed by atoms with E-state index in [-0.39, 0.29) is 0 Å². The second kappa shape index (κ2) is 0.644. The van der Waals surface area contributed by atoms with E-state index in [0.29, 0.717) is 12.2 Å². The molecule has 3 fully saturated rings. The van der Waals surface area contributed by atoms with Crippen LogP contribution >= 0.6 is 0 Å². The highest BCUT2D eigenvalue weighted by molar-refractivity contribution is 5.20. The summed E-state index contributed by atoms with van der Waals surface area (Å²) in [6, 6.07) is 0.782. The second-order valence-electron chi connectivity index (χ2n) is 2.66. The summed E-state index contributed by atoms with van der Waals surface area (Å²) in [5, 5.41) is 3.31. The van der Waals surface area contributed by atoms with Gasteiger partial charge < -0.3 is 10.1 Å². The van der Waals surface area contributed by atoms with Crippen molar-refractivity contribution in [2.45, 2.75) is 18.2 Å². The zero-order valence-corrected chi connectivity index (χ0v) is 3.92. The number of rotatable bonds is 0. The van der Waals surface area contributed by atoms with E-state index < -0.39 is 0 Å². The van der Waals surface area contributed by atoms with Gasteiger partial charge in [-0.25, -0.2) is 0 Å². The molecule has 0 spiro atoms. The molecule has 1 saturated carbocycles. The Morgan fingerprint density at radius 3 is 2.71 bits per heavy atom. The Labute approximate surface area is 41.8 Å². The first-order valence-corrected chi connectivity index (χ1v) is 2.86. The Bertz CT molecular complexity index is 111. The number of hydrogen-bond donors (Lipinski definition) is 1. The minimum absolute atomic E-state index is 0.652. The van der Waals surface area contributed by atoms with Crippen molar-refractivity contribution in [3.05, 3.63) is 0 Å². The van der Waals surface area contributed by atoms with Gasteiger partial charge in [0, 0.05) is 18.5 Å². The molecule has 0 bridgehead atoms. The van der Waals surface area contributed by atoms with E-state index in [4.69, 9.17) is 4.74 Å². The van der Waals surface area contributed by atoms with Gasteiger partial charge in [-0.15, -0.1) is 0 Å². The summed E-state index contributed by atoms with van der Waals surface area (Å²) in [5.74, 6) is 0.921. The van der Waals surface area contributed by atoms with Gasteiger partial charge in [-0.2, -0.15) is 0 Å². The summed E-state index contributed by atoms with van der Waals surface area (Å²) >= 11 is 0. The van der Waals surface area contributed by atoms with E-state index in [1.165, 1.54) is 6.54 Å². The van der Waals surface area contributed by atoms with Crippen molar-refractivity contribution >= 4 is 0 Å². The lowest BCUT2D eigenvalue weighted by molar-refractivity contribution is 0.161. The fourth-order valence-corrected chi connectivity index (χ4v) is 1.69. The molecule has 0 aromatic heterocycles. The highest BCUT2D eigenvalue weighted by Crippen LogP contribution is 2.50. The summed E-state index contributed by atoms with van der Waals surface area (Å²) in [6.45, 7) is 1.21. The van der Waals surface area contributed by atoms with Crippen LogP contribution in [0.3, 0.4) is 0 Å². The van der Waals surface area contributed by atoms with Gasteiger partial charge in [0.1, 0.15) is 6.10 Å². The number of fused-ring (bicyclic) bond motifs is 4. The van der Waals surface area contributed by atoms with Crippen LogP contribution in [-0.4, -0.2) is 24.8 Å². The molecule has 2 aliphatic heterocycles. The first kappa shape index (κ1) is 3.05. The number of ether oxygens (including phenoxy) is 1. The van der Waals surface area contributed by atoms with Gasteiger partial charge in [-0.3, -0.25) is 0 Å². The second-order valence-corrected chi connectivity index (χ2v) is 2.66. The molecule has 3 aliphatic rings. The lowest BCUT2D eigenvalue weighted by atomic mass is 9.73. The Balaban J connectivity index is 1.98. The van der Waals surface area contributed by atoms with Gasteiger partial charge in [-0.1, -0.05) is 0 Å². The number of piperidine rings is 1. The summed E-state index contributed by atoms with van der Waals surface area (Å²) in [5.41, 5.74) is 0. The third-order valence-electron chi connectivity index (χ3n) is 2.39. The third-order valence-corrected chi connectivity index (χ3v) is 2.39. The van der Waals surface area contributed by atoms with Gasteiger partial charge in [0.15, 0.2) is 0 Å². The van der Waals surface area contributed by atoms with Gasteiger partial charge in [0.2, 0.25) is 0 Å². The summed E-state index contributed by atoms with van der Waals surface area (Å²) in [6.07, 6.45) is 1.35.